The van der Waals surface area contributed by atoms with Crippen molar-refractivity contribution in [2.75, 3.05) is 4.90 Å². The van der Waals surface area contributed by atoms with E-state index in [1.807, 2.05) is 6.07 Å². The van der Waals surface area contributed by atoms with Gasteiger partial charge < -0.3 is 14.1 Å². The Hall–Kier alpha value is -7.40. The van der Waals surface area contributed by atoms with Crippen LogP contribution >= 0.6 is 0 Å². The Morgan fingerprint density at radius 2 is 0.932 bits per heavy atom. The van der Waals surface area contributed by atoms with Crippen LogP contribution < -0.4 is 30.4 Å². The average Bonchev–Trinajstić information content (AvgIpc) is 3.70. The Labute approximate surface area is 344 Å². The minimum atomic E-state index is -2.88. The van der Waals surface area contributed by atoms with Crippen molar-refractivity contribution in [3.05, 3.63) is 247 Å². The maximum absolute atomic E-state index is 7.00. The van der Waals surface area contributed by atoms with E-state index in [1.54, 1.807) is 0 Å². The highest BCUT2D eigenvalue weighted by molar-refractivity contribution is 7.20. The number of para-hydroxylation sites is 3. The van der Waals surface area contributed by atoms with Crippen molar-refractivity contribution in [2.45, 2.75) is 5.41 Å². The van der Waals surface area contributed by atoms with E-state index in [9.17, 15) is 0 Å². The molecule has 3 heterocycles. The molecule has 2 aliphatic rings. The number of hydrogen-bond donors (Lipinski definition) is 0. The molecule has 12 rings (SSSR count). The van der Waals surface area contributed by atoms with E-state index in [2.05, 4.69) is 223 Å². The fourth-order valence-corrected chi connectivity index (χ4v) is 15.7. The summed E-state index contributed by atoms with van der Waals surface area (Å²) in [6.45, 7) is 0. The molecule has 1 spiro atoms. The van der Waals surface area contributed by atoms with Gasteiger partial charge in [0.25, 0.3) is 0 Å². The van der Waals surface area contributed by atoms with Gasteiger partial charge in [0.1, 0.15) is 22.7 Å². The third kappa shape index (κ3) is 4.69. The van der Waals surface area contributed by atoms with Crippen LogP contribution in [0.15, 0.2) is 229 Å². The van der Waals surface area contributed by atoms with Crippen LogP contribution in [0.25, 0.3) is 21.9 Å². The Kier molecular flexibility index (Phi) is 7.47. The van der Waals surface area contributed by atoms with Crippen molar-refractivity contribution in [1.29, 1.82) is 0 Å². The van der Waals surface area contributed by atoms with Gasteiger partial charge in [-0.3, -0.25) is 0 Å². The lowest BCUT2D eigenvalue weighted by molar-refractivity contribution is 0.435. The summed E-state index contributed by atoms with van der Waals surface area (Å²) in [6, 6.07) is 81.9. The fourth-order valence-electron chi connectivity index (χ4n) is 10.4. The zero-order valence-corrected chi connectivity index (χ0v) is 33.1. The SMILES string of the molecule is c1ccc(N(c2ccc3c(c2)C2(c4ccccc4O3)c3ccccc3[Si](c3ccccc3)(c3ccccc3)c3ccccc32)c2cccc3oc4ccccc4c23)cc1. The lowest BCUT2D eigenvalue weighted by Gasteiger charge is -2.51. The monoisotopic (exact) mass is 771 g/mol. The van der Waals surface area contributed by atoms with E-state index in [4.69, 9.17) is 9.15 Å². The Balaban J connectivity index is 1.20. The number of fused-ring (bicyclic) bond motifs is 11. The molecule has 0 amide bonds. The molecule has 0 saturated heterocycles. The fraction of sp³-hybridized carbons (Fsp3) is 0.0182. The topological polar surface area (TPSA) is 25.6 Å². The second-order valence-corrected chi connectivity index (χ2v) is 19.3. The summed E-state index contributed by atoms with van der Waals surface area (Å²) >= 11 is 0. The lowest BCUT2D eigenvalue weighted by atomic mass is 9.63. The first-order valence-electron chi connectivity index (χ1n) is 20.3. The summed E-state index contributed by atoms with van der Waals surface area (Å²) in [5, 5.41) is 7.68. The summed E-state index contributed by atoms with van der Waals surface area (Å²) in [5.74, 6) is 1.73. The van der Waals surface area contributed by atoms with Crippen LogP contribution in [0, 0.1) is 0 Å². The van der Waals surface area contributed by atoms with Crippen LogP contribution in [-0.4, -0.2) is 8.07 Å². The van der Waals surface area contributed by atoms with Gasteiger partial charge in [0, 0.05) is 27.9 Å². The first-order valence-corrected chi connectivity index (χ1v) is 22.3. The molecular formula is C55H37NO2Si. The number of rotatable bonds is 5. The quantitative estimate of drug-likeness (QED) is 0.163. The Bertz CT molecular complexity index is 3120. The largest absolute Gasteiger partial charge is 0.457 e. The predicted molar refractivity (Wildman–Crippen MR) is 244 cm³/mol. The van der Waals surface area contributed by atoms with Gasteiger partial charge in [-0.2, -0.15) is 0 Å². The van der Waals surface area contributed by atoms with Gasteiger partial charge in [0.2, 0.25) is 0 Å². The van der Waals surface area contributed by atoms with Gasteiger partial charge in [-0.1, -0.05) is 170 Å². The van der Waals surface area contributed by atoms with Gasteiger partial charge >= 0.3 is 0 Å². The van der Waals surface area contributed by atoms with Crippen LogP contribution in [0.3, 0.4) is 0 Å². The highest BCUT2D eigenvalue weighted by Crippen LogP contribution is 2.57. The zero-order valence-electron chi connectivity index (χ0n) is 32.1. The van der Waals surface area contributed by atoms with E-state index in [-0.39, 0.29) is 0 Å². The van der Waals surface area contributed by atoms with Gasteiger partial charge in [-0.05, 0) is 86.5 Å². The van der Waals surface area contributed by atoms with E-state index in [0.717, 1.165) is 61.6 Å². The van der Waals surface area contributed by atoms with Crippen LogP contribution in [0.5, 0.6) is 11.5 Å². The third-order valence-corrected chi connectivity index (χ3v) is 17.5. The van der Waals surface area contributed by atoms with Crippen LogP contribution in [0.1, 0.15) is 22.3 Å². The number of anilines is 3. The second kappa shape index (κ2) is 13.1. The van der Waals surface area contributed by atoms with Crippen LogP contribution in [0.2, 0.25) is 0 Å². The van der Waals surface area contributed by atoms with Crippen molar-refractivity contribution in [3.8, 4) is 11.5 Å². The molecule has 4 heteroatoms. The zero-order chi connectivity index (χ0) is 39.0. The minimum Gasteiger partial charge on any atom is -0.457 e. The molecule has 0 saturated carbocycles. The van der Waals surface area contributed by atoms with Crippen molar-refractivity contribution < 1.29 is 9.15 Å². The minimum absolute atomic E-state index is 0.704. The second-order valence-electron chi connectivity index (χ2n) is 15.5. The molecular weight excluding hydrogens is 735 g/mol. The molecule has 0 radical (unpaired) electrons. The number of nitrogens with zero attached hydrogens (tertiary/aromatic N) is 1. The van der Waals surface area contributed by atoms with Gasteiger partial charge in [-0.25, -0.2) is 0 Å². The summed E-state index contributed by atoms with van der Waals surface area (Å²) in [6.07, 6.45) is 0. The molecule has 10 aromatic rings. The molecule has 0 aliphatic carbocycles. The summed E-state index contributed by atoms with van der Waals surface area (Å²) in [4.78, 5) is 2.38. The van der Waals surface area contributed by atoms with E-state index < -0.39 is 13.5 Å². The Morgan fingerprint density at radius 3 is 1.63 bits per heavy atom. The van der Waals surface area contributed by atoms with Crippen molar-refractivity contribution in [2.24, 2.45) is 0 Å². The van der Waals surface area contributed by atoms with Crippen LogP contribution in [-0.2, 0) is 5.41 Å². The lowest BCUT2D eigenvalue weighted by Crippen LogP contribution is -2.79. The summed E-state index contributed by atoms with van der Waals surface area (Å²) < 4.78 is 13.5. The molecule has 0 atom stereocenters. The van der Waals surface area contributed by atoms with E-state index in [0.29, 0.717) is 0 Å². The molecule has 278 valence electrons. The molecule has 2 aliphatic heterocycles. The number of benzene rings is 9. The van der Waals surface area contributed by atoms with Gasteiger partial charge in [0.15, 0.2) is 8.07 Å². The average molecular weight is 772 g/mol. The predicted octanol–water partition coefficient (Wildman–Crippen LogP) is 11.2. The first kappa shape index (κ1) is 33.7. The molecule has 0 fully saturated rings. The molecule has 3 nitrogen and oxygen atoms in total. The Morgan fingerprint density at radius 1 is 0.390 bits per heavy atom. The number of ether oxygens (including phenoxy) is 1. The molecule has 9 aromatic carbocycles. The van der Waals surface area contributed by atoms with E-state index >= 15 is 0 Å². The molecule has 0 bridgehead atoms. The summed E-state index contributed by atoms with van der Waals surface area (Å²) in [7, 11) is -2.88. The molecule has 0 unspecified atom stereocenters. The molecule has 1 aromatic heterocycles. The first-order chi connectivity index (χ1) is 29.3. The maximum atomic E-state index is 7.00. The highest BCUT2D eigenvalue weighted by atomic mass is 28.3. The molecule has 0 N–H and O–H groups in total. The molecule has 59 heavy (non-hydrogen) atoms. The standard InChI is InChI=1S/C55H37NO2Si/c1-4-19-38(20-5-1)56(47-29-18-32-51-54(47)42-25-10-14-30-48(42)57-51)39-35-36-50-46(37-39)55(43-26-11-15-31-49(43)58-50)44-27-12-16-33-52(44)59(40-21-6-2-7-22-40,41-23-8-3-9-24-41)53-34-17-13-28-45(53)55/h1-37H. The normalized spacial score (nSPS) is 14.2. The van der Waals surface area contributed by atoms with Crippen molar-refractivity contribution in [1.82, 2.24) is 0 Å². The van der Waals surface area contributed by atoms with Crippen molar-refractivity contribution >= 4 is 67.8 Å². The highest BCUT2D eigenvalue weighted by Gasteiger charge is 2.57. The maximum Gasteiger partial charge on any atom is 0.180 e. The van der Waals surface area contributed by atoms with E-state index in [1.165, 1.54) is 31.9 Å². The van der Waals surface area contributed by atoms with Crippen LogP contribution in [0.4, 0.5) is 17.1 Å². The summed E-state index contributed by atoms with van der Waals surface area (Å²) in [5.41, 5.74) is 9.00. The van der Waals surface area contributed by atoms with Gasteiger partial charge in [0.05, 0.1) is 16.5 Å². The number of furan rings is 1. The van der Waals surface area contributed by atoms with Gasteiger partial charge in [-0.15, -0.1) is 0 Å². The number of hydrogen-bond acceptors (Lipinski definition) is 3. The third-order valence-electron chi connectivity index (χ3n) is 12.7. The smallest absolute Gasteiger partial charge is 0.180 e. The van der Waals surface area contributed by atoms with Crippen molar-refractivity contribution in [3.63, 3.8) is 0 Å².